The van der Waals surface area contributed by atoms with Gasteiger partial charge in [0.25, 0.3) is 5.91 Å². The van der Waals surface area contributed by atoms with Crippen molar-refractivity contribution in [3.05, 3.63) is 57.0 Å². The van der Waals surface area contributed by atoms with E-state index in [9.17, 15) is 18.4 Å². The van der Waals surface area contributed by atoms with Gasteiger partial charge in [0.15, 0.2) is 11.6 Å². The predicted molar refractivity (Wildman–Crippen MR) is 135 cm³/mol. The minimum Gasteiger partial charge on any atom is -0.481 e. The van der Waals surface area contributed by atoms with E-state index in [1.165, 1.54) is 6.07 Å². The summed E-state index contributed by atoms with van der Waals surface area (Å²) in [6.07, 6.45) is 9.08. The first-order valence-corrected chi connectivity index (χ1v) is 12.7. The van der Waals surface area contributed by atoms with Gasteiger partial charge in [-0.25, -0.2) is 8.78 Å². The van der Waals surface area contributed by atoms with Crippen molar-refractivity contribution in [1.29, 1.82) is 0 Å². The van der Waals surface area contributed by atoms with Crippen molar-refractivity contribution in [3.8, 4) is 0 Å². The zero-order valence-corrected chi connectivity index (χ0v) is 21.3. The first kappa shape index (κ1) is 28.1. The van der Waals surface area contributed by atoms with Crippen LogP contribution < -0.4 is 10.6 Å². The van der Waals surface area contributed by atoms with Crippen LogP contribution in [0.15, 0.2) is 34.8 Å². The van der Waals surface area contributed by atoms with Crippen LogP contribution in [0.3, 0.4) is 0 Å². The van der Waals surface area contributed by atoms with E-state index in [-0.39, 0.29) is 17.7 Å². The van der Waals surface area contributed by atoms with Gasteiger partial charge in [-0.05, 0) is 43.2 Å². The molecule has 0 aliphatic rings. The third-order valence-corrected chi connectivity index (χ3v) is 6.19. The summed E-state index contributed by atoms with van der Waals surface area (Å²) in [5.74, 6) is -3.43. The molecule has 0 aliphatic carbocycles. The Hall–Kier alpha value is -2.19. The van der Waals surface area contributed by atoms with Gasteiger partial charge in [0.2, 0.25) is 0 Å². The van der Waals surface area contributed by atoms with Crippen molar-refractivity contribution >= 4 is 50.8 Å². The van der Waals surface area contributed by atoms with E-state index in [2.05, 4.69) is 26.6 Å². The molecule has 0 saturated heterocycles. The zero-order valence-electron chi connectivity index (χ0n) is 18.9. The van der Waals surface area contributed by atoms with E-state index in [1.807, 2.05) is 0 Å². The largest absolute Gasteiger partial charge is 0.481 e. The van der Waals surface area contributed by atoms with Crippen LogP contribution in [0.2, 0.25) is 5.02 Å². The molecule has 0 unspecified atom stereocenters. The van der Waals surface area contributed by atoms with Gasteiger partial charge in [-0.15, -0.1) is 0 Å². The maximum Gasteiger partial charge on any atom is 0.303 e. The highest BCUT2D eigenvalue weighted by molar-refractivity contribution is 9.10. The molecule has 0 radical (unpaired) electrons. The van der Waals surface area contributed by atoms with Crippen molar-refractivity contribution in [1.82, 2.24) is 5.32 Å². The van der Waals surface area contributed by atoms with Crippen molar-refractivity contribution in [2.45, 2.75) is 64.2 Å². The van der Waals surface area contributed by atoms with Gasteiger partial charge in [-0.2, -0.15) is 0 Å². The van der Waals surface area contributed by atoms with Gasteiger partial charge in [-0.3, -0.25) is 9.59 Å². The molecule has 0 atom stereocenters. The van der Waals surface area contributed by atoms with Gasteiger partial charge in [0, 0.05) is 17.4 Å². The molecule has 2 aromatic carbocycles. The van der Waals surface area contributed by atoms with Gasteiger partial charge < -0.3 is 15.7 Å². The Balaban J connectivity index is 1.75. The number of carbonyl (C=O) groups is 2. The molecule has 0 aromatic heterocycles. The molecular weight excluding hydrogens is 530 g/mol. The standard InChI is InChI=1S/C25H30BrClF2N2O3/c26-17-11-14-21(19(27)16-17)31-24-18(12-13-20(28)23(24)29)25(34)30-15-9-7-5-3-1-2-4-6-8-10-22(32)33/h11-14,16,31H,1-10,15H2,(H,30,34)(H,32,33). The van der Waals surface area contributed by atoms with Crippen LogP contribution in [0, 0.1) is 11.6 Å². The molecule has 5 nitrogen and oxygen atoms in total. The first-order valence-electron chi connectivity index (χ1n) is 11.5. The summed E-state index contributed by atoms with van der Waals surface area (Å²) in [4.78, 5) is 23.1. The first-order chi connectivity index (χ1) is 16.3. The van der Waals surface area contributed by atoms with Crippen LogP contribution in [0.25, 0.3) is 0 Å². The zero-order chi connectivity index (χ0) is 24.9. The second-order valence-electron chi connectivity index (χ2n) is 8.11. The van der Waals surface area contributed by atoms with E-state index in [0.29, 0.717) is 17.3 Å². The van der Waals surface area contributed by atoms with Crippen LogP contribution >= 0.6 is 27.5 Å². The summed E-state index contributed by atoms with van der Waals surface area (Å²) >= 11 is 9.46. The smallest absolute Gasteiger partial charge is 0.303 e. The molecule has 1 amide bonds. The fourth-order valence-corrected chi connectivity index (χ4v) is 4.24. The van der Waals surface area contributed by atoms with Crippen molar-refractivity contribution in [3.63, 3.8) is 0 Å². The molecule has 0 fully saturated rings. The molecule has 0 aliphatic heterocycles. The molecule has 0 saturated carbocycles. The Bertz CT molecular complexity index is 975. The van der Waals surface area contributed by atoms with Gasteiger partial charge in [0.05, 0.1) is 22.0 Å². The number of nitrogens with one attached hydrogen (secondary N) is 2. The van der Waals surface area contributed by atoms with Crippen LogP contribution in [0.4, 0.5) is 20.2 Å². The quantitative estimate of drug-likeness (QED) is 0.194. The number of halogens is 4. The third-order valence-electron chi connectivity index (χ3n) is 5.38. The Morgan fingerprint density at radius 1 is 0.912 bits per heavy atom. The summed E-state index contributed by atoms with van der Waals surface area (Å²) in [7, 11) is 0. The lowest BCUT2D eigenvalue weighted by atomic mass is 10.1. The third kappa shape index (κ3) is 9.58. The van der Waals surface area contributed by atoms with E-state index >= 15 is 0 Å². The van der Waals surface area contributed by atoms with Crippen molar-refractivity contribution < 1.29 is 23.5 Å². The average molecular weight is 560 g/mol. The maximum atomic E-state index is 14.5. The molecule has 0 spiro atoms. The molecule has 0 heterocycles. The van der Waals surface area contributed by atoms with E-state index in [0.717, 1.165) is 68.3 Å². The van der Waals surface area contributed by atoms with Crippen LogP contribution in [-0.2, 0) is 4.79 Å². The van der Waals surface area contributed by atoms with Crippen LogP contribution in [0.5, 0.6) is 0 Å². The molecule has 0 bridgehead atoms. The van der Waals surface area contributed by atoms with Crippen molar-refractivity contribution in [2.75, 3.05) is 11.9 Å². The number of carboxylic acid groups (broad SMARTS) is 1. The highest BCUT2D eigenvalue weighted by Crippen LogP contribution is 2.32. The number of hydrogen-bond donors (Lipinski definition) is 3. The van der Waals surface area contributed by atoms with E-state index in [1.54, 1.807) is 18.2 Å². The Morgan fingerprint density at radius 2 is 1.53 bits per heavy atom. The number of benzene rings is 2. The second kappa shape index (κ2) is 14.9. The summed E-state index contributed by atoms with van der Waals surface area (Å²) < 4.78 is 29.1. The molecular formula is C25H30BrClF2N2O3. The monoisotopic (exact) mass is 558 g/mol. The highest BCUT2D eigenvalue weighted by atomic mass is 79.9. The maximum absolute atomic E-state index is 14.5. The SMILES string of the molecule is O=C(O)CCCCCCCCCCCNC(=O)c1ccc(F)c(F)c1Nc1ccc(Br)cc1Cl. The topological polar surface area (TPSA) is 78.4 Å². The van der Waals surface area contributed by atoms with Crippen molar-refractivity contribution in [2.24, 2.45) is 0 Å². The summed E-state index contributed by atoms with van der Waals surface area (Å²) in [6.45, 7) is 0.436. The van der Waals surface area contributed by atoms with Gasteiger partial charge in [0.1, 0.15) is 0 Å². The van der Waals surface area contributed by atoms with E-state index in [4.69, 9.17) is 16.7 Å². The highest BCUT2D eigenvalue weighted by Gasteiger charge is 2.19. The van der Waals surface area contributed by atoms with Crippen LogP contribution in [-0.4, -0.2) is 23.5 Å². The summed E-state index contributed by atoms with van der Waals surface area (Å²) in [6, 6.07) is 7.10. The molecule has 2 aromatic rings. The normalized spacial score (nSPS) is 10.8. The number of amides is 1. The van der Waals surface area contributed by atoms with Gasteiger partial charge >= 0.3 is 5.97 Å². The molecule has 186 valence electrons. The average Bonchev–Trinajstić information content (AvgIpc) is 2.79. The predicted octanol–water partition coefficient (Wildman–Crippen LogP) is 7.84. The number of anilines is 2. The molecule has 3 N–H and O–H groups in total. The second-order valence-corrected chi connectivity index (χ2v) is 9.44. The Labute approximate surface area is 212 Å². The summed E-state index contributed by atoms with van der Waals surface area (Å²) in [5, 5.41) is 14.4. The number of carbonyl (C=O) groups excluding carboxylic acids is 1. The lowest BCUT2D eigenvalue weighted by Gasteiger charge is -2.15. The number of rotatable bonds is 15. The van der Waals surface area contributed by atoms with Crippen LogP contribution in [0.1, 0.15) is 74.6 Å². The molecule has 2 rings (SSSR count). The summed E-state index contributed by atoms with van der Waals surface area (Å²) in [5.41, 5.74) is 0.0937. The lowest BCUT2D eigenvalue weighted by Crippen LogP contribution is -2.25. The molecule has 34 heavy (non-hydrogen) atoms. The number of unbranched alkanes of at least 4 members (excludes halogenated alkanes) is 8. The number of carboxylic acids is 1. The fourth-order valence-electron chi connectivity index (χ4n) is 3.52. The van der Waals surface area contributed by atoms with Gasteiger partial charge in [-0.1, -0.05) is 72.5 Å². The molecule has 9 heteroatoms. The number of hydrogen-bond acceptors (Lipinski definition) is 3. The number of aliphatic carboxylic acids is 1. The van der Waals surface area contributed by atoms with E-state index < -0.39 is 23.5 Å². The Kier molecular flexibility index (Phi) is 12.3. The Morgan fingerprint density at radius 3 is 2.15 bits per heavy atom. The fraction of sp³-hybridized carbons (Fsp3) is 0.440. The minimum absolute atomic E-state index is 0.000725. The lowest BCUT2D eigenvalue weighted by molar-refractivity contribution is -0.137. The minimum atomic E-state index is -1.14.